The fraction of sp³-hybridized carbons (Fsp3) is 0.786. The second-order valence-electron chi connectivity index (χ2n) is 5.77. The summed E-state index contributed by atoms with van der Waals surface area (Å²) in [5, 5.41) is 7.82. The summed E-state index contributed by atoms with van der Waals surface area (Å²) in [5.74, 6) is 0. The average Bonchev–Trinajstić information content (AvgIpc) is 2.95. The Labute approximate surface area is 110 Å². The summed E-state index contributed by atoms with van der Waals surface area (Å²) < 4.78 is 1.89. The van der Waals surface area contributed by atoms with Crippen LogP contribution < -0.4 is 5.32 Å². The van der Waals surface area contributed by atoms with Gasteiger partial charge in [0.1, 0.15) is 0 Å². The first-order valence-electron chi connectivity index (χ1n) is 6.91. The van der Waals surface area contributed by atoms with Gasteiger partial charge in [0.15, 0.2) is 0 Å². The number of nitrogens with zero attached hydrogens (tertiary/aromatic N) is 3. The van der Waals surface area contributed by atoms with Crippen LogP contribution in [0.25, 0.3) is 0 Å². The van der Waals surface area contributed by atoms with E-state index in [1.165, 1.54) is 31.2 Å². The fourth-order valence-electron chi connectivity index (χ4n) is 3.47. The van der Waals surface area contributed by atoms with E-state index in [1.54, 1.807) is 0 Å². The van der Waals surface area contributed by atoms with E-state index < -0.39 is 0 Å². The topological polar surface area (TPSA) is 33.1 Å². The lowest BCUT2D eigenvalue weighted by Gasteiger charge is -2.43. The van der Waals surface area contributed by atoms with Crippen molar-refractivity contribution in [1.82, 2.24) is 20.0 Å². The third kappa shape index (κ3) is 2.45. The highest BCUT2D eigenvalue weighted by Crippen LogP contribution is 2.37. The highest BCUT2D eigenvalue weighted by Gasteiger charge is 2.42. The molecule has 1 heterocycles. The molecule has 1 saturated carbocycles. The maximum Gasteiger partial charge on any atom is 0.0522 e. The molecule has 2 rings (SSSR count). The second kappa shape index (κ2) is 5.41. The minimum absolute atomic E-state index is 0.310. The van der Waals surface area contributed by atoms with Crippen molar-refractivity contribution in [3.63, 3.8) is 0 Å². The zero-order valence-electron chi connectivity index (χ0n) is 12.1. The molecule has 1 N–H and O–H groups in total. The van der Waals surface area contributed by atoms with E-state index in [2.05, 4.69) is 42.7 Å². The lowest BCUT2D eigenvalue weighted by atomic mass is 9.83. The molecule has 0 radical (unpaired) electrons. The smallest absolute Gasteiger partial charge is 0.0522 e. The summed E-state index contributed by atoms with van der Waals surface area (Å²) in [7, 11) is 8.51. The first-order valence-corrected chi connectivity index (χ1v) is 6.91. The third-order valence-corrected chi connectivity index (χ3v) is 4.56. The number of rotatable bonds is 5. The molecular weight excluding hydrogens is 224 g/mol. The molecule has 1 aromatic heterocycles. The van der Waals surface area contributed by atoms with Crippen molar-refractivity contribution < 1.29 is 0 Å². The molecule has 1 aliphatic carbocycles. The molecule has 18 heavy (non-hydrogen) atoms. The molecule has 1 unspecified atom stereocenters. The van der Waals surface area contributed by atoms with E-state index in [4.69, 9.17) is 0 Å². The molecule has 1 fully saturated rings. The van der Waals surface area contributed by atoms with Gasteiger partial charge in [0.25, 0.3) is 0 Å². The summed E-state index contributed by atoms with van der Waals surface area (Å²) in [6.45, 7) is 0. The highest BCUT2D eigenvalue weighted by molar-refractivity contribution is 5.12. The van der Waals surface area contributed by atoms with Gasteiger partial charge in [0.2, 0.25) is 0 Å². The molecule has 102 valence electrons. The van der Waals surface area contributed by atoms with Crippen LogP contribution in [-0.2, 0) is 13.5 Å². The summed E-state index contributed by atoms with van der Waals surface area (Å²) in [6.07, 6.45) is 10.5. The van der Waals surface area contributed by atoms with Crippen molar-refractivity contribution in [3.8, 4) is 0 Å². The number of aryl methyl sites for hydroxylation is 1. The maximum atomic E-state index is 4.27. The first kappa shape index (κ1) is 13.6. The summed E-state index contributed by atoms with van der Waals surface area (Å²) in [4.78, 5) is 2.43. The minimum atomic E-state index is 0.310. The Kier molecular flexibility index (Phi) is 4.07. The number of hydrogen-bond donors (Lipinski definition) is 1. The van der Waals surface area contributed by atoms with Crippen LogP contribution in [0.3, 0.4) is 0 Å². The van der Waals surface area contributed by atoms with E-state index >= 15 is 0 Å². The van der Waals surface area contributed by atoms with Gasteiger partial charge in [-0.25, -0.2) is 0 Å². The SMILES string of the molecule is CNC(Cc1cnn(C)c1)C1(N(C)C)CCCC1. The molecule has 4 nitrogen and oxygen atoms in total. The van der Waals surface area contributed by atoms with Gasteiger partial charge in [-0.1, -0.05) is 12.8 Å². The van der Waals surface area contributed by atoms with Crippen molar-refractivity contribution in [3.05, 3.63) is 18.0 Å². The molecule has 0 saturated heterocycles. The Bertz CT molecular complexity index is 377. The molecule has 1 atom stereocenters. The van der Waals surface area contributed by atoms with Gasteiger partial charge < -0.3 is 10.2 Å². The van der Waals surface area contributed by atoms with Crippen LogP contribution in [0, 0.1) is 0 Å². The van der Waals surface area contributed by atoms with Gasteiger partial charge in [-0.05, 0) is 46.0 Å². The number of nitrogens with one attached hydrogen (secondary N) is 1. The van der Waals surface area contributed by atoms with Crippen molar-refractivity contribution in [1.29, 1.82) is 0 Å². The van der Waals surface area contributed by atoms with Crippen LogP contribution in [0.4, 0.5) is 0 Å². The van der Waals surface area contributed by atoms with Gasteiger partial charge in [-0.15, -0.1) is 0 Å². The minimum Gasteiger partial charge on any atom is -0.315 e. The van der Waals surface area contributed by atoms with Gasteiger partial charge in [0, 0.05) is 24.8 Å². The zero-order valence-corrected chi connectivity index (χ0v) is 12.1. The molecule has 0 aliphatic heterocycles. The summed E-state index contributed by atoms with van der Waals surface area (Å²) in [6, 6.07) is 0.499. The highest BCUT2D eigenvalue weighted by atomic mass is 15.2. The fourth-order valence-corrected chi connectivity index (χ4v) is 3.47. The van der Waals surface area contributed by atoms with Crippen LogP contribution >= 0.6 is 0 Å². The van der Waals surface area contributed by atoms with Crippen molar-refractivity contribution >= 4 is 0 Å². The molecule has 0 aromatic carbocycles. The van der Waals surface area contributed by atoms with Crippen molar-refractivity contribution in [2.75, 3.05) is 21.1 Å². The standard InChI is InChI=1S/C14H26N4/c1-15-13(9-12-10-16-18(4)11-12)14(17(2)3)7-5-6-8-14/h10-11,13,15H,5-9H2,1-4H3. The quantitative estimate of drug-likeness (QED) is 0.858. The van der Waals surface area contributed by atoms with Gasteiger partial charge in [0.05, 0.1) is 6.20 Å². The Morgan fingerprint density at radius 3 is 2.56 bits per heavy atom. The molecule has 0 spiro atoms. The predicted octanol–water partition coefficient (Wildman–Crippen LogP) is 1.42. The number of aromatic nitrogens is 2. The van der Waals surface area contributed by atoms with Crippen LogP contribution in [0.15, 0.2) is 12.4 Å². The first-order chi connectivity index (χ1) is 8.58. The van der Waals surface area contributed by atoms with Gasteiger partial charge >= 0.3 is 0 Å². The van der Waals surface area contributed by atoms with E-state index in [0.29, 0.717) is 11.6 Å². The van der Waals surface area contributed by atoms with Gasteiger partial charge in [-0.2, -0.15) is 5.10 Å². The Balaban J connectivity index is 2.16. The van der Waals surface area contributed by atoms with Crippen molar-refractivity contribution in [2.45, 2.75) is 43.7 Å². The second-order valence-corrected chi connectivity index (χ2v) is 5.77. The zero-order chi connectivity index (χ0) is 13.2. The lowest BCUT2D eigenvalue weighted by molar-refractivity contribution is 0.108. The van der Waals surface area contributed by atoms with Crippen LogP contribution in [0.1, 0.15) is 31.2 Å². The van der Waals surface area contributed by atoms with Gasteiger partial charge in [-0.3, -0.25) is 4.68 Å². The molecule has 1 aliphatic rings. The van der Waals surface area contributed by atoms with Crippen LogP contribution in [0.2, 0.25) is 0 Å². The molecular formula is C14H26N4. The maximum absolute atomic E-state index is 4.27. The Morgan fingerprint density at radius 2 is 2.11 bits per heavy atom. The molecule has 1 aromatic rings. The molecule has 0 amide bonds. The van der Waals surface area contributed by atoms with E-state index in [9.17, 15) is 0 Å². The average molecular weight is 250 g/mol. The summed E-state index contributed by atoms with van der Waals surface area (Å²) in [5.41, 5.74) is 1.63. The van der Waals surface area contributed by atoms with E-state index in [0.717, 1.165) is 6.42 Å². The number of likely N-dealkylation sites (N-methyl/N-ethyl adjacent to an activating group) is 2. The molecule has 4 heteroatoms. The monoisotopic (exact) mass is 250 g/mol. The normalized spacial score (nSPS) is 20.5. The largest absolute Gasteiger partial charge is 0.315 e. The third-order valence-electron chi connectivity index (χ3n) is 4.56. The molecule has 0 bridgehead atoms. The van der Waals surface area contributed by atoms with Crippen LogP contribution in [0.5, 0.6) is 0 Å². The van der Waals surface area contributed by atoms with E-state index in [-0.39, 0.29) is 0 Å². The Hall–Kier alpha value is -0.870. The van der Waals surface area contributed by atoms with Crippen molar-refractivity contribution in [2.24, 2.45) is 7.05 Å². The lowest BCUT2D eigenvalue weighted by Crippen LogP contribution is -2.57. The summed E-state index contributed by atoms with van der Waals surface area (Å²) >= 11 is 0. The van der Waals surface area contributed by atoms with Crippen LogP contribution in [-0.4, -0.2) is 47.4 Å². The number of hydrogen-bond acceptors (Lipinski definition) is 3. The Morgan fingerprint density at radius 1 is 1.44 bits per heavy atom. The van der Waals surface area contributed by atoms with E-state index in [1.807, 2.05) is 17.9 Å². The predicted molar refractivity (Wildman–Crippen MR) is 74.6 cm³/mol.